The van der Waals surface area contributed by atoms with Crippen molar-refractivity contribution >= 4 is 47.2 Å². The number of nitrogens with one attached hydrogen (secondary N) is 1. The molecule has 3 unspecified atom stereocenters. The Kier molecular flexibility index (Phi) is 19.3. The fraction of sp³-hybridized carbons (Fsp3) is 0.550. The fourth-order valence-electron chi connectivity index (χ4n) is 5.21. The Morgan fingerprint density at radius 2 is 1.65 bits per heavy atom. The fourth-order valence-corrected chi connectivity index (χ4v) is 5.73. The Balaban J connectivity index is 2.31. The van der Waals surface area contributed by atoms with E-state index in [1.807, 2.05) is 58.0 Å². The zero-order valence-electron chi connectivity index (χ0n) is 31.9. The van der Waals surface area contributed by atoms with E-state index in [1.54, 1.807) is 51.5 Å². The lowest BCUT2D eigenvalue weighted by Gasteiger charge is -2.30. The average Bonchev–Trinajstić information content (AvgIpc) is 3.11. The van der Waals surface area contributed by atoms with Crippen LogP contribution in [0.5, 0.6) is 5.75 Å². The van der Waals surface area contributed by atoms with E-state index in [0.29, 0.717) is 35.6 Å². The summed E-state index contributed by atoms with van der Waals surface area (Å²) in [5, 5.41) is 3.12. The summed E-state index contributed by atoms with van der Waals surface area (Å²) in [4.78, 5) is 52.9. The van der Waals surface area contributed by atoms with Gasteiger partial charge in [0.15, 0.2) is 6.10 Å². The van der Waals surface area contributed by atoms with Crippen molar-refractivity contribution < 1.29 is 42.9 Å². The van der Waals surface area contributed by atoms with Crippen LogP contribution in [0, 0.1) is 17.3 Å². The van der Waals surface area contributed by atoms with E-state index in [4.69, 9.17) is 35.3 Å². The number of esters is 3. The molecular weight excluding hydrogens is 706 g/mol. The molecule has 10 nitrogen and oxygen atoms in total. The van der Waals surface area contributed by atoms with Crippen molar-refractivity contribution in [1.29, 1.82) is 0 Å². The summed E-state index contributed by atoms with van der Waals surface area (Å²) < 4.78 is 28.2. The number of hydrogen-bond donors (Lipinski definition) is 1. The summed E-state index contributed by atoms with van der Waals surface area (Å²) in [5.41, 5.74) is 0.911. The minimum Gasteiger partial charge on any atom is -0.495 e. The van der Waals surface area contributed by atoms with Crippen LogP contribution in [0.4, 0.5) is 0 Å². The lowest BCUT2D eigenvalue weighted by Crippen LogP contribution is -2.42. The molecule has 52 heavy (non-hydrogen) atoms. The topological polar surface area (TPSA) is 126 Å². The molecule has 0 aromatic heterocycles. The number of methoxy groups -OCH3 is 2. The molecule has 0 heterocycles. The summed E-state index contributed by atoms with van der Waals surface area (Å²) in [6, 6.07) is 13.9. The van der Waals surface area contributed by atoms with Crippen molar-refractivity contribution in [1.82, 2.24) is 5.32 Å². The summed E-state index contributed by atoms with van der Waals surface area (Å²) in [6.07, 6.45) is 4.29. The second-order valence-electron chi connectivity index (χ2n) is 13.8. The maximum atomic E-state index is 13.7. The molecule has 0 aliphatic heterocycles. The zero-order chi connectivity index (χ0) is 38.8. The third-order valence-electron chi connectivity index (χ3n) is 8.79. The van der Waals surface area contributed by atoms with Gasteiger partial charge in [-0.25, -0.2) is 9.59 Å². The zero-order valence-corrected chi connectivity index (χ0v) is 33.5. The number of ether oxygens (including phenoxy) is 5. The molecule has 2 aromatic carbocycles. The molecule has 1 N–H and O–H groups in total. The molecule has 12 heteroatoms. The number of benzene rings is 2. The van der Waals surface area contributed by atoms with Crippen LogP contribution >= 0.6 is 23.4 Å². The third kappa shape index (κ3) is 14.8. The molecule has 0 aliphatic rings. The molecule has 2 rings (SSSR count). The van der Waals surface area contributed by atoms with Crippen molar-refractivity contribution in [2.45, 2.75) is 98.0 Å². The van der Waals surface area contributed by atoms with Gasteiger partial charge in [-0.3, -0.25) is 9.59 Å². The van der Waals surface area contributed by atoms with Crippen LogP contribution in [-0.2, 0) is 44.5 Å². The average molecular weight is 762 g/mol. The van der Waals surface area contributed by atoms with Crippen molar-refractivity contribution in [2.24, 2.45) is 17.3 Å². The Hall–Kier alpha value is -3.54. The molecule has 1 amide bonds. The van der Waals surface area contributed by atoms with Crippen LogP contribution < -0.4 is 10.1 Å². The monoisotopic (exact) mass is 761 g/mol. The van der Waals surface area contributed by atoms with Gasteiger partial charge >= 0.3 is 17.9 Å². The highest BCUT2D eigenvalue weighted by molar-refractivity contribution is 7.98. The smallest absolute Gasteiger partial charge is 0.347 e. The number of halogens is 1. The van der Waals surface area contributed by atoms with Gasteiger partial charge in [-0.1, -0.05) is 81.8 Å². The van der Waals surface area contributed by atoms with Gasteiger partial charge in [-0.15, -0.1) is 11.8 Å². The van der Waals surface area contributed by atoms with E-state index in [0.717, 1.165) is 5.56 Å². The number of thioether (sulfide) groups is 1. The van der Waals surface area contributed by atoms with Crippen LogP contribution in [-0.4, -0.2) is 68.5 Å². The van der Waals surface area contributed by atoms with Gasteiger partial charge in [0.2, 0.25) is 5.91 Å². The molecule has 0 saturated heterocycles. The summed E-state index contributed by atoms with van der Waals surface area (Å²) in [7, 11) is 3.14. The molecular formula is C40H56ClNO9S. The number of hydrogen-bond acceptors (Lipinski definition) is 10. The number of carbonyl (C=O) groups is 4. The first-order valence-corrected chi connectivity index (χ1v) is 19.4. The van der Waals surface area contributed by atoms with Crippen molar-refractivity contribution in [3.63, 3.8) is 0 Å². The second-order valence-corrected chi connectivity index (χ2v) is 15.0. The molecule has 0 saturated carbocycles. The SMILES string of the molecule is CCC(C)(C)C(=O)O[C@@H](CC(C)C)C(=O)OC(C/C=C/C(=O)N[C@H](Cc1ccc(OC)c(Cl)c1)C(=O)OCSC)C(C)CC(OC)c1ccccc1. The first kappa shape index (κ1) is 44.6. The van der Waals surface area contributed by atoms with E-state index < -0.39 is 47.5 Å². The van der Waals surface area contributed by atoms with Crippen LogP contribution in [0.2, 0.25) is 5.02 Å². The van der Waals surface area contributed by atoms with Gasteiger partial charge in [0.25, 0.3) is 0 Å². The molecule has 0 fully saturated rings. The predicted molar refractivity (Wildman–Crippen MR) is 205 cm³/mol. The lowest BCUT2D eigenvalue weighted by molar-refractivity contribution is -0.179. The molecule has 288 valence electrons. The Bertz CT molecular complexity index is 1470. The number of amides is 1. The second kappa shape index (κ2) is 22.5. The molecule has 0 aliphatic carbocycles. The highest BCUT2D eigenvalue weighted by atomic mass is 35.5. The van der Waals surface area contributed by atoms with E-state index >= 15 is 0 Å². The van der Waals surface area contributed by atoms with Crippen LogP contribution in [0.3, 0.4) is 0 Å². The Morgan fingerprint density at radius 3 is 2.23 bits per heavy atom. The summed E-state index contributed by atoms with van der Waals surface area (Å²) >= 11 is 7.63. The molecule has 2 aromatic rings. The minimum absolute atomic E-state index is 0.0509. The highest BCUT2D eigenvalue weighted by Gasteiger charge is 2.35. The molecule has 0 spiro atoms. The number of carbonyl (C=O) groups excluding carboxylic acids is 4. The highest BCUT2D eigenvalue weighted by Crippen LogP contribution is 2.30. The third-order valence-corrected chi connectivity index (χ3v) is 9.44. The first-order valence-electron chi connectivity index (χ1n) is 17.6. The molecule has 5 atom stereocenters. The van der Waals surface area contributed by atoms with Crippen molar-refractivity contribution in [3.05, 3.63) is 76.8 Å². The maximum Gasteiger partial charge on any atom is 0.347 e. The van der Waals surface area contributed by atoms with E-state index in [2.05, 4.69) is 5.32 Å². The minimum atomic E-state index is -1.09. The standard InChI is InChI=1S/C40H56ClNO9S/c1-10-40(5,6)39(46)51-35(21-26(2)3)38(45)50-32(27(4)22-34(48-8)29-15-12-11-13-16-29)17-14-18-36(43)42-31(37(44)49-25-52-9)24-28-19-20-33(47-7)30(41)23-28/h11-16,18-20,23,26-27,31-32,34-35H,10,17,21-22,24-25H2,1-9H3,(H,42,43)/b18-14+/t27?,31-,32?,34?,35+/m1/s1. The maximum absolute atomic E-state index is 13.7. The van der Waals surface area contributed by atoms with Crippen molar-refractivity contribution in [3.8, 4) is 5.75 Å². The van der Waals surface area contributed by atoms with Gasteiger partial charge in [0.1, 0.15) is 23.8 Å². The van der Waals surface area contributed by atoms with Gasteiger partial charge in [-0.05, 0) is 80.5 Å². The lowest BCUT2D eigenvalue weighted by atomic mass is 9.90. The molecule has 0 bridgehead atoms. The van der Waals surface area contributed by atoms with E-state index in [-0.39, 0.29) is 36.7 Å². The normalized spacial score (nSPS) is 14.6. The van der Waals surface area contributed by atoms with Crippen LogP contribution in [0.15, 0.2) is 60.7 Å². The van der Waals surface area contributed by atoms with Crippen LogP contribution in [0.1, 0.15) is 84.5 Å². The van der Waals surface area contributed by atoms with Crippen molar-refractivity contribution in [2.75, 3.05) is 26.4 Å². The Labute approximate surface area is 318 Å². The van der Waals surface area contributed by atoms with Crippen LogP contribution in [0.25, 0.3) is 0 Å². The first-order chi connectivity index (χ1) is 24.6. The van der Waals surface area contributed by atoms with E-state index in [9.17, 15) is 19.2 Å². The van der Waals surface area contributed by atoms with Gasteiger partial charge in [-0.2, -0.15) is 0 Å². The summed E-state index contributed by atoms with van der Waals surface area (Å²) in [6.45, 7) is 11.3. The largest absolute Gasteiger partial charge is 0.495 e. The predicted octanol–water partition coefficient (Wildman–Crippen LogP) is 7.91. The number of rotatable bonds is 22. The quantitative estimate of drug-likeness (QED) is 0.0548. The summed E-state index contributed by atoms with van der Waals surface area (Å²) in [5.74, 6) is -1.81. The van der Waals surface area contributed by atoms with Gasteiger partial charge < -0.3 is 29.0 Å². The van der Waals surface area contributed by atoms with Gasteiger partial charge in [0, 0.05) is 20.0 Å². The van der Waals surface area contributed by atoms with E-state index in [1.165, 1.54) is 24.9 Å². The molecule has 0 radical (unpaired) electrons. The Morgan fingerprint density at radius 1 is 0.962 bits per heavy atom. The van der Waals surface area contributed by atoms with Gasteiger partial charge in [0.05, 0.1) is 23.7 Å².